The number of nitrogens with zero attached hydrogens (tertiary/aromatic N) is 4. The minimum Gasteiger partial charge on any atom is -0.326 e. The van der Waals surface area contributed by atoms with Crippen molar-refractivity contribution in [3.05, 3.63) is 75.7 Å². The predicted molar refractivity (Wildman–Crippen MR) is 127 cm³/mol. The summed E-state index contributed by atoms with van der Waals surface area (Å²) in [5.41, 5.74) is 5.31. The van der Waals surface area contributed by atoms with Crippen molar-refractivity contribution in [2.75, 3.05) is 11.1 Å². The first kappa shape index (κ1) is 20.5. The molecule has 5 rings (SSSR count). The van der Waals surface area contributed by atoms with Gasteiger partial charge in [0.15, 0.2) is 10.8 Å². The number of hydrogen-bond acceptors (Lipinski definition) is 5. The summed E-state index contributed by atoms with van der Waals surface area (Å²) >= 11 is 1.50. The van der Waals surface area contributed by atoms with Crippen molar-refractivity contribution in [1.82, 2.24) is 19.3 Å². The van der Waals surface area contributed by atoms with Gasteiger partial charge in [0.1, 0.15) is 5.39 Å². The molecule has 1 N–H and O–H groups in total. The van der Waals surface area contributed by atoms with Gasteiger partial charge in [-0.05, 0) is 49.6 Å². The Balaban J connectivity index is 1.46. The molecule has 4 aromatic rings. The van der Waals surface area contributed by atoms with Crippen LogP contribution in [0.15, 0.2) is 58.6 Å². The van der Waals surface area contributed by atoms with E-state index in [9.17, 15) is 9.59 Å². The molecular weight excluding hydrogens is 422 g/mol. The van der Waals surface area contributed by atoms with E-state index in [2.05, 4.69) is 10.4 Å². The molecular formula is C24H23N5O2S. The Morgan fingerprint density at radius 3 is 2.72 bits per heavy atom. The monoisotopic (exact) mass is 445 g/mol. The van der Waals surface area contributed by atoms with Crippen LogP contribution < -0.4 is 10.9 Å². The number of hydrogen-bond donors (Lipinski definition) is 1. The lowest BCUT2D eigenvalue weighted by Crippen LogP contribution is -2.28. The summed E-state index contributed by atoms with van der Waals surface area (Å²) < 4.78 is 3.37. The lowest BCUT2D eigenvalue weighted by molar-refractivity contribution is -0.116. The maximum Gasteiger partial charge on any atom is 0.265 e. The normalized spacial score (nSPS) is 15.2. The SMILES string of the molecule is Cc1ccccc1-n1ncc2c(=O)n3c(nc21)SCC3CC(=O)Nc1cccc(C)c1C. The lowest BCUT2D eigenvalue weighted by Gasteiger charge is -2.15. The van der Waals surface area contributed by atoms with Crippen molar-refractivity contribution in [1.29, 1.82) is 0 Å². The van der Waals surface area contributed by atoms with E-state index in [0.29, 0.717) is 21.9 Å². The highest BCUT2D eigenvalue weighted by molar-refractivity contribution is 7.99. The summed E-state index contributed by atoms with van der Waals surface area (Å²) in [5, 5.41) is 8.52. The van der Waals surface area contributed by atoms with Gasteiger partial charge in [-0.15, -0.1) is 0 Å². The van der Waals surface area contributed by atoms with Crippen molar-refractivity contribution >= 4 is 34.4 Å². The number of carbonyl (C=O) groups is 1. The smallest absolute Gasteiger partial charge is 0.265 e. The molecule has 32 heavy (non-hydrogen) atoms. The molecule has 1 atom stereocenters. The average Bonchev–Trinajstić information content (AvgIpc) is 3.37. The van der Waals surface area contributed by atoms with Gasteiger partial charge in [0.2, 0.25) is 5.91 Å². The highest BCUT2D eigenvalue weighted by Gasteiger charge is 2.29. The molecule has 1 unspecified atom stereocenters. The highest BCUT2D eigenvalue weighted by Crippen LogP contribution is 2.34. The average molecular weight is 446 g/mol. The molecule has 8 heteroatoms. The molecule has 1 aliphatic rings. The number of thioether (sulfide) groups is 1. The van der Waals surface area contributed by atoms with Gasteiger partial charge in [-0.1, -0.05) is 42.1 Å². The molecule has 2 aromatic carbocycles. The predicted octanol–water partition coefficient (Wildman–Crippen LogP) is 4.18. The van der Waals surface area contributed by atoms with Gasteiger partial charge in [0, 0.05) is 17.9 Å². The molecule has 1 aliphatic heterocycles. The Bertz CT molecular complexity index is 1420. The molecule has 0 bridgehead atoms. The summed E-state index contributed by atoms with van der Waals surface area (Å²) in [6.45, 7) is 6.01. The van der Waals surface area contributed by atoms with Gasteiger partial charge in [0.25, 0.3) is 5.56 Å². The maximum atomic E-state index is 13.3. The van der Waals surface area contributed by atoms with Gasteiger partial charge in [-0.25, -0.2) is 9.67 Å². The van der Waals surface area contributed by atoms with Crippen LogP contribution in [0.3, 0.4) is 0 Å². The van der Waals surface area contributed by atoms with E-state index in [0.717, 1.165) is 28.1 Å². The zero-order valence-corrected chi connectivity index (χ0v) is 18.9. The third-order valence-corrected chi connectivity index (χ3v) is 7.11. The Hall–Kier alpha value is -3.39. The number of fused-ring (bicyclic) bond motifs is 2. The third kappa shape index (κ3) is 3.40. The lowest BCUT2D eigenvalue weighted by atomic mass is 10.1. The number of rotatable bonds is 4. The Morgan fingerprint density at radius 2 is 1.91 bits per heavy atom. The van der Waals surface area contributed by atoms with Crippen LogP contribution in [0.1, 0.15) is 29.2 Å². The molecule has 3 heterocycles. The van der Waals surface area contributed by atoms with Crippen LogP contribution in [0.4, 0.5) is 5.69 Å². The molecule has 0 saturated heterocycles. The number of aromatic nitrogens is 4. The summed E-state index contributed by atoms with van der Waals surface area (Å²) in [7, 11) is 0. The van der Waals surface area contributed by atoms with Gasteiger partial charge in [-0.3, -0.25) is 14.2 Å². The Morgan fingerprint density at radius 1 is 1.12 bits per heavy atom. The summed E-state index contributed by atoms with van der Waals surface area (Å²) in [5.74, 6) is 0.520. The fraction of sp³-hybridized carbons (Fsp3) is 0.250. The van der Waals surface area contributed by atoms with E-state index in [1.54, 1.807) is 15.4 Å². The topological polar surface area (TPSA) is 81.8 Å². The van der Waals surface area contributed by atoms with Crippen molar-refractivity contribution in [3.8, 4) is 5.69 Å². The molecule has 162 valence electrons. The van der Waals surface area contributed by atoms with Crippen molar-refractivity contribution in [2.45, 2.75) is 38.4 Å². The summed E-state index contributed by atoms with van der Waals surface area (Å²) in [6.07, 6.45) is 1.78. The number of anilines is 1. The zero-order chi connectivity index (χ0) is 22.4. The van der Waals surface area contributed by atoms with Gasteiger partial charge in [-0.2, -0.15) is 5.10 Å². The summed E-state index contributed by atoms with van der Waals surface area (Å²) in [4.78, 5) is 30.9. The van der Waals surface area contributed by atoms with Gasteiger partial charge in [0.05, 0.1) is 17.9 Å². The maximum absolute atomic E-state index is 13.3. The van der Waals surface area contributed by atoms with Crippen molar-refractivity contribution in [2.24, 2.45) is 0 Å². The number of nitrogens with one attached hydrogen (secondary N) is 1. The van der Waals surface area contributed by atoms with Gasteiger partial charge < -0.3 is 5.32 Å². The van der Waals surface area contributed by atoms with E-state index in [-0.39, 0.29) is 23.9 Å². The molecule has 0 saturated carbocycles. The molecule has 0 aliphatic carbocycles. The molecule has 2 aromatic heterocycles. The van der Waals surface area contributed by atoms with Crippen LogP contribution in [0.2, 0.25) is 0 Å². The quantitative estimate of drug-likeness (QED) is 0.477. The number of benzene rings is 2. The second kappa shape index (κ2) is 7.94. The van der Waals surface area contributed by atoms with Crippen LogP contribution >= 0.6 is 11.8 Å². The first-order valence-electron chi connectivity index (χ1n) is 10.5. The van der Waals surface area contributed by atoms with Gasteiger partial charge >= 0.3 is 0 Å². The van der Waals surface area contributed by atoms with Crippen LogP contribution in [0.5, 0.6) is 0 Å². The number of carbonyl (C=O) groups excluding carboxylic acids is 1. The fourth-order valence-corrected chi connectivity index (χ4v) is 5.19. The van der Waals surface area contributed by atoms with E-state index in [1.807, 2.05) is 63.2 Å². The number of amides is 1. The van der Waals surface area contributed by atoms with Crippen molar-refractivity contribution < 1.29 is 4.79 Å². The molecule has 1 amide bonds. The van der Waals surface area contributed by atoms with E-state index >= 15 is 0 Å². The molecule has 0 spiro atoms. The summed E-state index contributed by atoms with van der Waals surface area (Å²) in [6, 6.07) is 13.5. The van der Waals surface area contributed by atoms with E-state index in [4.69, 9.17) is 4.98 Å². The highest BCUT2D eigenvalue weighted by atomic mass is 32.2. The Kier molecular flexibility index (Phi) is 5.09. The first-order valence-corrected chi connectivity index (χ1v) is 11.5. The van der Waals surface area contributed by atoms with Crippen LogP contribution in [-0.2, 0) is 4.79 Å². The van der Waals surface area contributed by atoms with E-state index < -0.39 is 0 Å². The largest absolute Gasteiger partial charge is 0.326 e. The van der Waals surface area contributed by atoms with E-state index in [1.165, 1.54) is 11.8 Å². The fourth-order valence-electron chi connectivity index (χ4n) is 4.06. The molecule has 0 fully saturated rings. The molecule has 7 nitrogen and oxygen atoms in total. The standard InChI is InChI=1S/C24H23N5O2S/c1-14-8-6-9-19(16(14)3)26-21(30)11-17-13-32-24-27-22-18(23(31)28(17)24)12-25-29(22)20-10-5-4-7-15(20)2/h4-10,12,17H,11,13H2,1-3H3,(H,26,30). The molecule has 0 radical (unpaired) electrons. The van der Waals surface area contributed by atoms with Crippen LogP contribution in [0.25, 0.3) is 16.7 Å². The minimum absolute atomic E-state index is 0.111. The number of para-hydroxylation sites is 1. The van der Waals surface area contributed by atoms with Crippen molar-refractivity contribution in [3.63, 3.8) is 0 Å². The van der Waals surface area contributed by atoms with Crippen LogP contribution in [-0.4, -0.2) is 31.0 Å². The van der Waals surface area contributed by atoms with Crippen LogP contribution in [0, 0.1) is 20.8 Å². The minimum atomic E-state index is -0.244. The third-order valence-electron chi connectivity index (χ3n) is 6.01. The second-order valence-electron chi connectivity index (χ2n) is 8.11. The zero-order valence-electron chi connectivity index (χ0n) is 18.1. The number of aryl methyl sites for hydroxylation is 2. The second-order valence-corrected chi connectivity index (χ2v) is 9.10. The first-order chi connectivity index (χ1) is 15.4. The Labute approximate surface area is 189 Å².